The zero-order valence-electron chi connectivity index (χ0n) is 11.4. The summed E-state index contributed by atoms with van der Waals surface area (Å²) in [5, 5.41) is 4.91. The average Bonchev–Trinajstić information content (AvgIpc) is 2.84. The molecule has 1 aromatic carbocycles. The highest BCUT2D eigenvalue weighted by Gasteiger charge is 2.18. The smallest absolute Gasteiger partial charge is 0.193 e. The Morgan fingerprint density at radius 2 is 1.95 bits per heavy atom. The van der Waals surface area contributed by atoms with Gasteiger partial charge in [0.2, 0.25) is 0 Å². The van der Waals surface area contributed by atoms with Crippen molar-refractivity contribution in [2.24, 2.45) is 4.40 Å². The van der Waals surface area contributed by atoms with Gasteiger partial charge < -0.3 is 0 Å². The van der Waals surface area contributed by atoms with E-state index in [1.807, 2.05) is 32.9 Å². The van der Waals surface area contributed by atoms with Crippen LogP contribution in [0, 0.1) is 0 Å². The number of benzene rings is 1. The van der Waals surface area contributed by atoms with Crippen molar-refractivity contribution in [3.05, 3.63) is 41.4 Å². The van der Waals surface area contributed by atoms with Crippen molar-refractivity contribution in [3.8, 4) is 5.69 Å². The molecule has 1 heterocycles. The summed E-state index contributed by atoms with van der Waals surface area (Å²) in [5.41, 5.74) is 0.846. The van der Waals surface area contributed by atoms with Crippen LogP contribution in [0.2, 0.25) is 5.02 Å². The molecule has 0 radical (unpaired) electrons. The Labute approximate surface area is 125 Å². The lowest BCUT2D eigenvalue weighted by Gasteiger charge is -2.12. The Bertz CT molecular complexity index is 643. The van der Waals surface area contributed by atoms with Gasteiger partial charge in [-0.3, -0.25) is 0 Å². The molecule has 0 aliphatic heterocycles. The first-order valence-corrected chi connectivity index (χ1v) is 7.48. The maximum atomic E-state index is 11.8. The van der Waals surface area contributed by atoms with Crippen molar-refractivity contribution in [3.63, 3.8) is 0 Å². The maximum Gasteiger partial charge on any atom is 0.193 e. The Morgan fingerprint density at radius 1 is 1.30 bits per heavy atom. The number of nitrogens with zero attached hydrogens (tertiary/aromatic N) is 4. The normalized spacial score (nSPS) is 13.8. The third-order valence-corrected chi connectivity index (χ3v) is 3.99. The van der Waals surface area contributed by atoms with Crippen LogP contribution in [0.5, 0.6) is 0 Å². The lowest BCUT2D eigenvalue weighted by atomic mass is 10.3. The maximum absolute atomic E-state index is 11.8. The molecule has 1 atom stereocenters. The number of aromatic nitrogens is 3. The van der Waals surface area contributed by atoms with Crippen molar-refractivity contribution in [1.29, 1.82) is 0 Å². The van der Waals surface area contributed by atoms with Crippen LogP contribution in [0.1, 0.15) is 26.6 Å². The van der Waals surface area contributed by atoms with Crippen LogP contribution in [-0.2, 0) is 11.0 Å². The summed E-state index contributed by atoms with van der Waals surface area (Å²) in [5.74, 6) is 0.414. The molecule has 0 saturated carbocycles. The minimum Gasteiger partial charge on any atom is -0.234 e. The van der Waals surface area contributed by atoms with Gasteiger partial charge >= 0.3 is 0 Å². The fraction of sp³-hybridized carbons (Fsp3) is 0.308. The molecular formula is C13H15ClN4OS. The largest absolute Gasteiger partial charge is 0.234 e. The van der Waals surface area contributed by atoms with Crippen molar-refractivity contribution >= 4 is 28.8 Å². The molecule has 1 aromatic heterocycles. The van der Waals surface area contributed by atoms with E-state index in [0.717, 1.165) is 5.69 Å². The van der Waals surface area contributed by atoms with E-state index in [2.05, 4.69) is 14.5 Å². The van der Waals surface area contributed by atoms with Crippen LogP contribution in [0.4, 0.5) is 0 Å². The third-order valence-electron chi connectivity index (χ3n) is 2.39. The summed E-state index contributed by atoms with van der Waals surface area (Å²) < 4.78 is 17.0. The van der Waals surface area contributed by atoms with Gasteiger partial charge in [-0.05, 0) is 45.0 Å². The van der Waals surface area contributed by atoms with Gasteiger partial charge in [-0.25, -0.2) is 13.9 Å². The summed E-state index contributed by atoms with van der Waals surface area (Å²) >= 11 is 5.83. The fourth-order valence-electron chi connectivity index (χ4n) is 1.31. The van der Waals surface area contributed by atoms with Gasteiger partial charge in [0.1, 0.15) is 17.3 Å². The second-order valence-corrected chi connectivity index (χ2v) is 7.49. The first-order chi connectivity index (χ1) is 9.36. The molecule has 0 fully saturated rings. The SMILES string of the molecule is CC(C)(C)[S@](=O)N=Cc1ncn(-c2ccc(Cl)cc2)n1. The van der Waals surface area contributed by atoms with Crippen molar-refractivity contribution < 1.29 is 4.21 Å². The van der Waals surface area contributed by atoms with E-state index < -0.39 is 15.7 Å². The molecule has 0 aliphatic carbocycles. The average molecular weight is 311 g/mol. The van der Waals surface area contributed by atoms with Crippen LogP contribution >= 0.6 is 11.6 Å². The second-order valence-electron chi connectivity index (χ2n) is 5.12. The molecule has 20 heavy (non-hydrogen) atoms. The molecule has 2 aromatic rings. The zero-order chi connectivity index (χ0) is 14.8. The zero-order valence-corrected chi connectivity index (χ0v) is 13.0. The number of hydrogen-bond acceptors (Lipinski definition) is 3. The quantitative estimate of drug-likeness (QED) is 0.819. The molecule has 0 N–H and O–H groups in total. The summed E-state index contributed by atoms with van der Waals surface area (Å²) in [6, 6.07) is 7.23. The lowest BCUT2D eigenvalue weighted by molar-refractivity contribution is 0.651. The topological polar surface area (TPSA) is 60.1 Å². The minimum absolute atomic E-state index is 0.394. The molecular weight excluding hydrogens is 296 g/mol. The first-order valence-electron chi connectivity index (χ1n) is 6.00. The molecule has 0 saturated heterocycles. The van der Waals surface area contributed by atoms with E-state index in [0.29, 0.717) is 10.8 Å². The van der Waals surface area contributed by atoms with Gasteiger partial charge in [0.15, 0.2) is 5.82 Å². The summed E-state index contributed by atoms with van der Waals surface area (Å²) in [4.78, 5) is 4.10. The predicted octanol–water partition coefficient (Wildman–Crippen LogP) is 2.80. The minimum atomic E-state index is -1.31. The highest BCUT2D eigenvalue weighted by Crippen LogP contribution is 2.13. The summed E-state index contributed by atoms with van der Waals surface area (Å²) in [6.45, 7) is 5.58. The number of halogens is 1. The van der Waals surface area contributed by atoms with Crippen LogP contribution < -0.4 is 0 Å². The Morgan fingerprint density at radius 3 is 2.55 bits per heavy atom. The van der Waals surface area contributed by atoms with Gasteiger partial charge in [0.05, 0.1) is 16.6 Å². The summed E-state index contributed by atoms with van der Waals surface area (Å²) in [6.07, 6.45) is 3.00. The number of rotatable bonds is 3. The molecule has 0 aliphatic rings. The van der Waals surface area contributed by atoms with Crippen LogP contribution in [0.25, 0.3) is 5.69 Å². The Hall–Kier alpha value is -1.53. The van der Waals surface area contributed by atoms with Crippen molar-refractivity contribution in [2.75, 3.05) is 0 Å². The highest BCUT2D eigenvalue weighted by atomic mass is 35.5. The molecule has 0 unspecified atom stereocenters. The number of hydrogen-bond donors (Lipinski definition) is 0. The van der Waals surface area contributed by atoms with Crippen LogP contribution in [0.15, 0.2) is 35.0 Å². The van der Waals surface area contributed by atoms with E-state index in [-0.39, 0.29) is 0 Å². The standard InChI is InChI=1S/C13H15ClN4OS/c1-13(2,3)20(19)16-8-12-15-9-18(17-12)11-6-4-10(14)5-7-11/h4-9H,1-3H3/t20-/m0/s1. The fourth-order valence-corrected chi connectivity index (χ4v) is 1.94. The van der Waals surface area contributed by atoms with E-state index in [1.54, 1.807) is 23.1 Å². The summed E-state index contributed by atoms with van der Waals surface area (Å²) in [7, 11) is -1.31. The molecule has 7 heteroatoms. The lowest BCUT2D eigenvalue weighted by Crippen LogP contribution is -2.19. The highest BCUT2D eigenvalue weighted by molar-refractivity contribution is 7.85. The third kappa shape index (κ3) is 3.74. The van der Waals surface area contributed by atoms with E-state index in [9.17, 15) is 4.21 Å². The molecule has 5 nitrogen and oxygen atoms in total. The van der Waals surface area contributed by atoms with Crippen molar-refractivity contribution in [2.45, 2.75) is 25.5 Å². The van der Waals surface area contributed by atoms with Gasteiger partial charge in [-0.15, -0.1) is 5.10 Å². The van der Waals surface area contributed by atoms with Gasteiger partial charge in [-0.1, -0.05) is 11.6 Å². The van der Waals surface area contributed by atoms with Gasteiger partial charge in [-0.2, -0.15) is 4.40 Å². The molecule has 2 rings (SSSR count). The predicted molar refractivity (Wildman–Crippen MR) is 81.9 cm³/mol. The van der Waals surface area contributed by atoms with Crippen LogP contribution in [-0.4, -0.2) is 29.9 Å². The first kappa shape index (κ1) is 14.9. The van der Waals surface area contributed by atoms with E-state index in [1.165, 1.54) is 6.21 Å². The molecule has 0 bridgehead atoms. The van der Waals surface area contributed by atoms with E-state index >= 15 is 0 Å². The van der Waals surface area contributed by atoms with E-state index in [4.69, 9.17) is 11.6 Å². The van der Waals surface area contributed by atoms with Crippen molar-refractivity contribution in [1.82, 2.24) is 14.8 Å². The van der Waals surface area contributed by atoms with Gasteiger partial charge in [0, 0.05) is 5.02 Å². The molecule has 0 amide bonds. The Kier molecular flexibility index (Phi) is 4.35. The second kappa shape index (κ2) is 5.85. The monoisotopic (exact) mass is 310 g/mol. The van der Waals surface area contributed by atoms with Crippen LogP contribution in [0.3, 0.4) is 0 Å². The van der Waals surface area contributed by atoms with Gasteiger partial charge in [0.25, 0.3) is 0 Å². The molecule has 0 spiro atoms. The molecule has 106 valence electrons. The Balaban J connectivity index is 2.15.